The lowest BCUT2D eigenvalue weighted by atomic mass is 10.1. The number of ketones is 1. The second kappa shape index (κ2) is 8.40. The average Bonchev–Trinajstić information content (AvgIpc) is 3.45. The third-order valence-corrected chi connectivity index (χ3v) is 6.18. The lowest BCUT2D eigenvalue weighted by molar-refractivity contribution is 0.0916. The number of aromatic nitrogens is 4. The first-order valence-corrected chi connectivity index (χ1v) is 10.9. The van der Waals surface area contributed by atoms with E-state index in [4.69, 9.17) is 4.98 Å². The minimum absolute atomic E-state index is 0.102. The summed E-state index contributed by atoms with van der Waals surface area (Å²) in [7, 11) is 0. The minimum atomic E-state index is 0.102. The van der Waals surface area contributed by atoms with Crippen molar-refractivity contribution in [2.45, 2.75) is 26.2 Å². The Morgan fingerprint density at radius 1 is 1.12 bits per heavy atom. The van der Waals surface area contributed by atoms with E-state index in [1.807, 2.05) is 35.9 Å². The van der Waals surface area contributed by atoms with Crippen molar-refractivity contribution in [2.75, 3.05) is 19.6 Å². The molecule has 1 saturated heterocycles. The van der Waals surface area contributed by atoms with Gasteiger partial charge in [0.05, 0.1) is 53.0 Å². The van der Waals surface area contributed by atoms with Crippen LogP contribution in [0.15, 0.2) is 55.2 Å². The molecule has 0 radical (unpaired) electrons. The Labute approximate surface area is 186 Å². The molecule has 0 amide bonds. The van der Waals surface area contributed by atoms with E-state index >= 15 is 0 Å². The Morgan fingerprint density at radius 2 is 1.91 bits per heavy atom. The number of carbonyl (C=O) groups is 1. The van der Waals surface area contributed by atoms with E-state index in [1.54, 1.807) is 30.9 Å². The quantitative estimate of drug-likeness (QED) is 0.452. The molecular formula is C25H24N6O. The summed E-state index contributed by atoms with van der Waals surface area (Å²) in [6.07, 6.45) is 10.6. The topological polar surface area (TPSA) is 79.7 Å². The molecule has 1 fully saturated rings. The lowest BCUT2D eigenvalue weighted by Gasteiger charge is -2.25. The van der Waals surface area contributed by atoms with Gasteiger partial charge in [-0.15, -0.1) is 0 Å². The molecule has 1 aromatic carbocycles. The molecule has 5 rings (SSSR count). The predicted octanol–water partition coefficient (Wildman–Crippen LogP) is 4.06. The number of fused-ring (bicyclic) bond motifs is 1. The second-order valence-electron chi connectivity index (χ2n) is 8.25. The van der Waals surface area contributed by atoms with Crippen LogP contribution < -0.4 is 0 Å². The molecule has 0 bridgehead atoms. The molecule has 4 aromatic rings. The van der Waals surface area contributed by atoms with E-state index in [0.29, 0.717) is 23.2 Å². The van der Waals surface area contributed by atoms with Crippen LogP contribution in [-0.4, -0.2) is 49.4 Å². The van der Waals surface area contributed by atoms with Gasteiger partial charge in [0.2, 0.25) is 0 Å². The van der Waals surface area contributed by atoms with Crippen molar-refractivity contribution in [1.82, 2.24) is 24.0 Å². The summed E-state index contributed by atoms with van der Waals surface area (Å²) in [4.78, 5) is 24.6. The molecule has 0 saturated carbocycles. The van der Waals surface area contributed by atoms with Gasteiger partial charge in [-0.1, -0.05) is 6.42 Å². The highest BCUT2D eigenvalue weighted by Crippen LogP contribution is 2.30. The van der Waals surface area contributed by atoms with Crippen LogP contribution in [-0.2, 0) is 0 Å². The number of imidazole rings is 1. The molecular weight excluding hydrogens is 400 g/mol. The summed E-state index contributed by atoms with van der Waals surface area (Å²) in [5.74, 6) is 0.102. The summed E-state index contributed by atoms with van der Waals surface area (Å²) < 4.78 is 3.96. The Kier molecular flexibility index (Phi) is 5.29. The third-order valence-electron chi connectivity index (χ3n) is 6.18. The zero-order chi connectivity index (χ0) is 22.1. The maximum absolute atomic E-state index is 13.5. The van der Waals surface area contributed by atoms with E-state index in [2.05, 4.69) is 20.5 Å². The van der Waals surface area contributed by atoms with Gasteiger partial charge in [-0.3, -0.25) is 14.7 Å². The van der Waals surface area contributed by atoms with Gasteiger partial charge in [0.15, 0.2) is 5.78 Å². The number of pyridine rings is 1. The number of benzene rings is 1. The highest BCUT2D eigenvalue weighted by molar-refractivity contribution is 6.09. The SMILES string of the molecule is Cc1c(C(=O)CN2CCCCC2)c2ncc(-n3ccnc3)cc2n1-c1ccc(C#N)cc1. The van der Waals surface area contributed by atoms with Crippen molar-refractivity contribution in [3.63, 3.8) is 0 Å². The number of hydrogen-bond acceptors (Lipinski definition) is 5. The normalized spacial score (nSPS) is 14.5. The van der Waals surface area contributed by atoms with Crippen molar-refractivity contribution in [2.24, 2.45) is 0 Å². The maximum atomic E-state index is 13.5. The van der Waals surface area contributed by atoms with Gasteiger partial charge >= 0.3 is 0 Å². The molecule has 1 aliphatic heterocycles. The number of nitriles is 1. The van der Waals surface area contributed by atoms with Crippen LogP contribution >= 0.6 is 0 Å². The van der Waals surface area contributed by atoms with Gasteiger partial charge in [-0.2, -0.15) is 5.26 Å². The molecule has 0 unspecified atom stereocenters. The Hall–Kier alpha value is -3.76. The highest BCUT2D eigenvalue weighted by Gasteiger charge is 2.24. The van der Waals surface area contributed by atoms with Crippen molar-refractivity contribution in [3.8, 4) is 17.4 Å². The number of piperidine rings is 1. The van der Waals surface area contributed by atoms with Crippen molar-refractivity contribution >= 4 is 16.8 Å². The maximum Gasteiger partial charge on any atom is 0.180 e. The zero-order valence-electron chi connectivity index (χ0n) is 18.0. The summed E-state index contributed by atoms with van der Waals surface area (Å²) in [6, 6.07) is 11.6. The predicted molar refractivity (Wildman–Crippen MR) is 122 cm³/mol. The van der Waals surface area contributed by atoms with Crippen LogP contribution in [0.4, 0.5) is 0 Å². The summed E-state index contributed by atoms with van der Waals surface area (Å²) in [5.41, 5.74) is 5.47. The standard InChI is InChI=1S/C25H24N6O/c1-18-24(23(32)16-29-10-3-2-4-11-29)25-22(13-21(15-28-25)30-12-9-27-17-30)31(18)20-7-5-19(14-26)6-8-20/h5-9,12-13,15,17H,2-4,10-11,16H2,1H3. The van der Waals surface area contributed by atoms with E-state index in [1.165, 1.54) is 6.42 Å². The summed E-state index contributed by atoms with van der Waals surface area (Å²) in [6.45, 7) is 4.33. The molecule has 3 aromatic heterocycles. The van der Waals surface area contributed by atoms with Gasteiger partial charge in [0.1, 0.15) is 0 Å². The molecule has 1 aliphatic rings. The van der Waals surface area contributed by atoms with Crippen LogP contribution in [0, 0.1) is 18.3 Å². The van der Waals surface area contributed by atoms with E-state index < -0.39 is 0 Å². The smallest absolute Gasteiger partial charge is 0.180 e. The molecule has 0 aliphatic carbocycles. The number of nitrogens with zero attached hydrogens (tertiary/aromatic N) is 6. The molecule has 7 nitrogen and oxygen atoms in total. The monoisotopic (exact) mass is 424 g/mol. The fourth-order valence-electron chi connectivity index (χ4n) is 4.57. The Balaban J connectivity index is 1.65. The Morgan fingerprint density at radius 3 is 2.59 bits per heavy atom. The van der Waals surface area contributed by atoms with Crippen molar-refractivity contribution in [1.29, 1.82) is 5.26 Å². The zero-order valence-corrected chi connectivity index (χ0v) is 18.0. The van der Waals surface area contributed by atoms with Crippen LogP contribution in [0.2, 0.25) is 0 Å². The van der Waals surface area contributed by atoms with Crippen molar-refractivity contribution < 1.29 is 4.79 Å². The minimum Gasteiger partial charge on any atom is -0.311 e. The van der Waals surface area contributed by atoms with E-state index in [-0.39, 0.29) is 5.78 Å². The number of carbonyl (C=O) groups excluding carboxylic acids is 1. The number of hydrogen-bond donors (Lipinski definition) is 0. The fourth-order valence-corrected chi connectivity index (χ4v) is 4.57. The van der Waals surface area contributed by atoms with Crippen LogP contribution in [0.3, 0.4) is 0 Å². The largest absolute Gasteiger partial charge is 0.311 e. The van der Waals surface area contributed by atoms with E-state index in [0.717, 1.165) is 48.5 Å². The molecule has 160 valence electrons. The number of likely N-dealkylation sites (tertiary alicyclic amines) is 1. The first kappa shape index (κ1) is 20.2. The van der Waals surface area contributed by atoms with E-state index in [9.17, 15) is 10.1 Å². The first-order valence-electron chi connectivity index (χ1n) is 10.9. The molecule has 32 heavy (non-hydrogen) atoms. The van der Waals surface area contributed by atoms with Gasteiger partial charge in [0, 0.05) is 23.8 Å². The number of rotatable bonds is 5. The molecule has 4 heterocycles. The first-order chi connectivity index (χ1) is 15.7. The van der Waals surface area contributed by atoms with Gasteiger partial charge in [-0.05, 0) is 63.2 Å². The van der Waals surface area contributed by atoms with Gasteiger partial charge in [-0.25, -0.2) is 4.98 Å². The second-order valence-corrected chi connectivity index (χ2v) is 8.25. The lowest BCUT2D eigenvalue weighted by Crippen LogP contribution is -2.34. The molecule has 7 heteroatoms. The molecule has 0 spiro atoms. The third kappa shape index (κ3) is 3.59. The summed E-state index contributed by atoms with van der Waals surface area (Å²) >= 11 is 0. The van der Waals surface area contributed by atoms with Crippen molar-refractivity contribution in [3.05, 3.63) is 72.1 Å². The van der Waals surface area contributed by atoms with Gasteiger partial charge < -0.3 is 9.13 Å². The fraction of sp³-hybridized carbons (Fsp3) is 0.280. The molecule has 0 atom stereocenters. The van der Waals surface area contributed by atoms with Crippen LogP contribution in [0.25, 0.3) is 22.4 Å². The Bertz CT molecular complexity index is 1310. The summed E-state index contributed by atoms with van der Waals surface area (Å²) in [5, 5.41) is 9.18. The van der Waals surface area contributed by atoms with Crippen LogP contribution in [0.5, 0.6) is 0 Å². The van der Waals surface area contributed by atoms with Crippen LogP contribution in [0.1, 0.15) is 40.9 Å². The molecule has 0 N–H and O–H groups in total. The average molecular weight is 425 g/mol. The highest BCUT2D eigenvalue weighted by atomic mass is 16.1. The number of Topliss-reactive ketones (excluding diaryl/α,β-unsaturated/α-hetero) is 1. The van der Waals surface area contributed by atoms with Gasteiger partial charge in [0.25, 0.3) is 0 Å².